The fourth-order valence-corrected chi connectivity index (χ4v) is 3.09. The summed E-state index contributed by atoms with van der Waals surface area (Å²) >= 11 is 1.69. The lowest BCUT2D eigenvalue weighted by molar-refractivity contribution is -0.154. The van der Waals surface area contributed by atoms with Crippen LogP contribution in [0.5, 0.6) is 0 Å². The molecule has 0 spiro atoms. The third-order valence-corrected chi connectivity index (χ3v) is 3.77. The van der Waals surface area contributed by atoms with Gasteiger partial charge in [-0.1, -0.05) is 6.92 Å². The Hall–Kier alpha value is -0.220. The van der Waals surface area contributed by atoms with E-state index in [0.717, 1.165) is 5.75 Å². The minimum absolute atomic E-state index is 0.285. The molecular weight excluding hydrogens is 188 g/mol. The second-order valence-electron chi connectivity index (χ2n) is 3.39. The number of carbonyl (C=O) groups excluding carboxylic acids is 1. The number of ether oxygens (including phenoxy) is 1. The lowest BCUT2D eigenvalue weighted by Gasteiger charge is -2.28. The van der Waals surface area contributed by atoms with Crippen LogP contribution in [0.15, 0.2) is 0 Å². The Morgan fingerprint density at radius 3 is 2.85 bits per heavy atom. The van der Waals surface area contributed by atoms with Crippen LogP contribution in [0.25, 0.3) is 0 Å². The number of hydrogen-bond acceptors (Lipinski definition) is 4. The van der Waals surface area contributed by atoms with Crippen LogP contribution in [0.4, 0.5) is 0 Å². The molecule has 0 aromatic heterocycles. The molecule has 0 radical (unpaired) electrons. The molecule has 2 atom stereocenters. The molecule has 0 saturated carbocycles. The summed E-state index contributed by atoms with van der Waals surface area (Å²) in [5, 5.41) is 10.1. The highest BCUT2D eigenvalue weighted by atomic mass is 32.2. The van der Waals surface area contributed by atoms with Gasteiger partial charge in [-0.2, -0.15) is 11.8 Å². The van der Waals surface area contributed by atoms with Gasteiger partial charge in [0, 0.05) is 5.75 Å². The lowest BCUT2D eigenvalue weighted by Crippen LogP contribution is -2.42. The summed E-state index contributed by atoms with van der Waals surface area (Å²) < 4.78 is 4.67. The summed E-state index contributed by atoms with van der Waals surface area (Å²) in [6, 6.07) is 0. The molecule has 4 heteroatoms. The van der Waals surface area contributed by atoms with Crippen molar-refractivity contribution >= 4 is 17.7 Å². The minimum Gasteiger partial charge on any atom is -0.469 e. The second-order valence-corrected chi connectivity index (χ2v) is 4.50. The Morgan fingerprint density at radius 1 is 1.77 bits per heavy atom. The van der Waals surface area contributed by atoms with E-state index in [-0.39, 0.29) is 11.9 Å². The van der Waals surface area contributed by atoms with E-state index >= 15 is 0 Å². The van der Waals surface area contributed by atoms with Gasteiger partial charge in [-0.25, -0.2) is 0 Å². The van der Waals surface area contributed by atoms with Gasteiger partial charge in [0.2, 0.25) is 0 Å². The summed E-state index contributed by atoms with van der Waals surface area (Å²) in [7, 11) is 1.37. The van der Waals surface area contributed by atoms with Crippen LogP contribution in [0, 0.1) is 5.92 Å². The Morgan fingerprint density at radius 2 is 2.46 bits per heavy atom. The molecule has 0 aliphatic carbocycles. The summed E-state index contributed by atoms with van der Waals surface area (Å²) in [4.78, 5) is 11.3. The topological polar surface area (TPSA) is 46.5 Å². The molecule has 1 heterocycles. The first-order chi connectivity index (χ1) is 6.14. The number of esters is 1. The Labute approximate surface area is 82.8 Å². The molecule has 0 aromatic carbocycles. The Kier molecular flexibility index (Phi) is 3.62. The fourth-order valence-electron chi connectivity index (χ4n) is 1.75. The minimum atomic E-state index is -0.827. The van der Waals surface area contributed by atoms with Crippen LogP contribution in [-0.2, 0) is 9.53 Å². The summed E-state index contributed by atoms with van der Waals surface area (Å²) in [5.74, 6) is 0.949. The molecular formula is C9H16O3S. The third-order valence-electron chi connectivity index (χ3n) is 2.57. The van der Waals surface area contributed by atoms with Crippen LogP contribution < -0.4 is 0 Å². The van der Waals surface area contributed by atoms with Crippen molar-refractivity contribution in [3.05, 3.63) is 0 Å². The largest absolute Gasteiger partial charge is 0.469 e. The molecule has 1 saturated heterocycles. The number of hydrogen-bond donors (Lipinski definition) is 1. The van der Waals surface area contributed by atoms with Gasteiger partial charge in [0.25, 0.3) is 0 Å². The van der Waals surface area contributed by atoms with E-state index in [9.17, 15) is 9.90 Å². The zero-order valence-corrected chi connectivity index (χ0v) is 8.89. The SMILES string of the molecule is CCC(C(=O)OC)C1(O)CCSC1. The van der Waals surface area contributed by atoms with Crippen LogP contribution in [0.1, 0.15) is 19.8 Å². The van der Waals surface area contributed by atoms with E-state index in [1.807, 2.05) is 6.92 Å². The lowest BCUT2D eigenvalue weighted by atomic mass is 9.85. The molecule has 0 aromatic rings. The highest BCUT2D eigenvalue weighted by molar-refractivity contribution is 7.99. The van der Waals surface area contributed by atoms with E-state index in [1.165, 1.54) is 7.11 Å². The average Bonchev–Trinajstić information content (AvgIpc) is 2.53. The first-order valence-electron chi connectivity index (χ1n) is 4.52. The molecule has 1 aliphatic rings. The highest BCUT2D eigenvalue weighted by Crippen LogP contribution is 2.36. The predicted molar refractivity (Wildman–Crippen MR) is 52.7 cm³/mol. The quantitative estimate of drug-likeness (QED) is 0.698. The first-order valence-corrected chi connectivity index (χ1v) is 5.67. The van der Waals surface area contributed by atoms with Gasteiger partial charge < -0.3 is 9.84 Å². The van der Waals surface area contributed by atoms with E-state index in [2.05, 4.69) is 4.74 Å². The van der Waals surface area contributed by atoms with Crippen LogP contribution >= 0.6 is 11.8 Å². The van der Waals surface area contributed by atoms with Gasteiger partial charge >= 0.3 is 5.97 Å². The number of carbonyl (C=O) groups is 1. The van der Waals surface area contributed by atoms with E-state index < -0.39 is 5.60 Å². The summed E-state index contributed by atoms with van der Waals surface area (Å²) in [6.07, 6.45) is 1.34. The van der Waals surface area contributed by atoms with Crippen molar-refractivity contribution in [1.82, 2.24) is 0 Å². The average molecular weight is 204 g/mol. The van der Waals surface area contributed by atoms with Crippen molar-refractivity contribution in [1.29, 1.82) is 0 Å². The maximum absolute atomic E-state index is 11.3. The summed E-state index contributed by atoms with van der Waals surface area (Å²) in [5.41, 5.74) is -0.827. The number of thioether (sulfide) groups is 1. The van der Waals surface area contributed by atoms with Gasteiger partial charge in [-0.15, -0.1) is 0 Å². The van der Waals surface area contributed by atoms with Crippen molar-refractivity contribution in [3.8, 4) is 0 Å². The van der Waals surface area contributed by atoms with Crippen molar-refractivity contribution in [2.75, 3.05) is 18.6 Å². The molecule has 13 heavy (non-hydrogen) atoms. The maximum Gasteiger partial charge on any atom is 0.311 e. The normalized spacial score (nSPS) is 30.1. The van der Waals surface area contributed by atoms with E-state index in [1.54, 1.807) is 11.8 Å². The van der Waals surface area contributed by atoms with Gasteiger partial charge in [-0.3, -0.25) is 4.79 Å². The van der Waals surface area contributed by atoms with Crippen molar-refractivity contribution in [2.45, 2.75) is 25.4 Å². The van der Waals surface area contributed by atoms with Crippen LogP contribution in [-0.4, -0.2) is 35.3 Å². The van der Waals surface area contributed by atoms with Gasteiger partial charge in [-0.05, 0) is 18.6 Å². The zero-order valence-electron chi connectivity index (χ0n) is 8.08. The summed E-state index contributed by atoms with van der Waals surface area (Å²) in [6.45, 7) is 1.91. The molecule has 1 N–H and O–H groups in total. The molecule has 1 rings (SSSR count). The van der Waals surface area contributed by atoms with Gasteiger partial charge in [0.15, 0.2) is 0 Å². The number of methoxy groups -OCH3 is 1. The van der Waals surface area contributed by atoms with Crippen molar-refractivity contribution in [3.63, 3.8) is 0 Å². The first kappa shape index (κ1) is 10.9. The highest BCUT2D eigenvalue weighted by Gasteiger charge is 2.43. The monoisotopic (exact) mass is 204 g/mol. The molecule has 2 unspecified atom stereocenters. The zero-order chi connectivity index (χ0) is 9.90. The molecule has 76 valence electrons. The smallest absolute Gasteiger partial charge is 0.311 e. The standard InChI is InChI=1S/C9H16O3S/c1-3-7(8(10)12-2)9(11)4-5-13-6-9/h7,11H,3-6H2,1-2H3. The van der Waals surface area contributed by atoms with E-state index in [0.29, 0.717) is 18.6 Å². The Balaban J connectivity index is 2.69. The second kappa shape index (κ2) is 4.33. The molecule has 3 nitrogen and oxygen atoms in total. The predicted octanol–water partition coefficient (Wildman–Crippen LogP) is 1.05. The molecule has 0 bridgehead atoms. The van der Waals surface area contributed by atoms with Crippen molar-refractivity contribution in [2.24, 2.45) is 5.92 Å². The fraction of sp³-hybridized carbons (Fsp3) is 0.889. The van der Waals surface area contributed by atoms with E-state index in [4.69, 9.17) is 0 Å². The van der Waals surface area contributed by atoms with Gasteiger partial charge in [0.05, 0.1) is 18.6 Å². The van der Waals surface area contributed by atoms with Crippen molar-refractivity contribution < 1.29 is 14.6 Å². The Bertz CT molecular complexity index is 187. The number of aliphatic hydroxyl groups is 1. The molecule has 1 fully saturated rings. The third kappa shape index (κ3) is 2.17. The number of rotatable bonds is 3. The maximum atomic E-state index is 11.3. The van der Waals surface area contributed by atoms with Gasteiger partial charge in [0.1, 0.15) is 0 Å². The van der Waals surface area contributed by atoms with Crippen LogP contribution in [0.3, 0.4) is 0 Å². The van der Waals surface area contributed by atoms with Crippen LogP contribution in [0.2, 0.25) is 0 Å². The molecule has 1 aliphatic heterocycles. The molecule has 0 amide bonds.